The third-order valence-electron chi connectivity index (χ3n) is 2.81. The van der Waals surface area contributed by atoms with E-state index in [1.54, 1.807) is 19.1 Å². The van der Waals surface area contributed by atoms with Crippen LogP contribution in [0.2, 0.25) is 0 Å². The second-order valence-corrected chi connectivity index (χ2v) is 4.23. The van der Waals surface area contributed by atoms with Gasteiger partial charge in [0.25, 0.3) is 5.91 Å². The summed E-state index contributed by atoms with van der Waals surface area (Å²) in [5, 5.41) is 2.05. The van der Waals surface area contributed by atoms with E-state index in [0.717, 1.165) is 0 Å². The van der Waals surface area contributed by atoms with Gasteiger partial charge in [-0.1, -0.05) is 12.1 Å². The molecule has 0 aromatic heterocycles. The molecule has 0 heterocycles. The van der Waals surface area contributed by atoms with Crippen molar-refractivity contribution in [1.29, 1.82) is 0 Å². The summed E-state index contributed by atoms with van der Waals surface area (Å²) < 4.78 is 39.7. The third-order valence-corrected chi connectivity index (χ3v) is 2.81. The first-order valence-corrected chi connectivity index (χ1v) is 5.71. The fourth-order valence-electron chi connectivity index (χ4n) is 1.72. The fourth-order valence-corrected chi connectivity index (χ4v) is 1.72. The minimum atomic E-state index is -1.19. The largest absolute Gasteiger partial charge is 0.398 e. The summed E-state index contributed by atoms with van der Waals surface area (Å²) in [5.74, 6) is -4.21. The van der Waals surface area contributed by atoms with Crippen LogP contribution < -0.4 is 11.1 Å². The maximum atomic E-state index is 13.4. The molecule has 6 heteroatoms. The normalized spacial score (nSPS) is 10.4. The molecule has 0 spiro atoms. The van der Waals surface area contributed by atoms with Crippen LogP contribution in [-0.2, 0) is 0 Å². The molecule has 2 rings (SSSR count). The van der Waals surface area contributed by atoms with E-state index in [-0.39, 0.29) is 11.3 Å². The van der Waals surface area contributed by atoms with Gasteiger partial charge in [-0.3, -0.25) is 4.79 Å². The van der Waals surface area contributed by atoms with Crippen LogP contribution in [0.5, 0.6) is 0 Å². The lowest BCUT2D eigenvalue weighted by Crippen LogP contribution is -2.16. The first-order chi connectivity index (χ1) is 9.40. The Bertz CT molecular complexity index is 663. The van der Waals surface area contributed by atoms with E-state index in [0.29, 0.717) is 17.7 Å². The van der Waals surface area contributed by atoms with E-state index in [4.69, 9.17) is 5.73 Å². The number of nitrogens with two attached hydrogens (primary N) is 1. The highest BCUT2D eigenvalue weighted by Gasteiger charge is 2.17. The molecule has 0 bridgehead atoms. The number of anilines is 2. The number of carbonyl (C=O) groups excluding carboxylic acids is 1. The van der Waals surface area contributed by atoms with Gasteiger partial charge in [-0.15, -0.1) is 0 Å². The molecular weight excluding hydrogens is 269 g/mol. The van der Waals surface area contributed by atoms with Gasteiger partial charge in [0.1, 0.15) is 11.5 Å². The maximum absolute atomic E-state index is 13.4. The van der Waals surface area contributed by atoms with Gasteiger partial charge < -0.3 is 11.1 Å². The number of carbonyl (C=O) groups is 1. The van der Waals surface area contributed by atoms with Gasteiger partial charge in [0, 0.05) is 17.8 Å². The molecule has 104 valence electrons. The highest BCUT2D eigenvalue weighted by molar-refractivity contribution is 6.08. The molecule has 1 amide bonds. The molecular formula is C14H11F3N2O. The van der Waals surface area contributed by atoms with Crippen LogP contribution in [0.1, 0.15) is 15.9 Å². The lowest BCUT2D eigenvalue weighted by Gasteiger charge is -2.10. The van der Waals surface area contributed by atoms with E-state index < -0.39 is 29.0 Å². The van der Waals surface area contributed by atoms with Crippen LogP contribution >= 0.6 is 0 Å². The zero-order valence-electron chi connectivity index (χ0n) is 10.5. The van der Waals surface area contributed by atoms with E-state index in [9.17, 15) is 18.0 Å². The van der Waals surface area contributed by atoms with Crippen molar-refractivity contribution in [2.24, 2.45) is 0 Å². The van der Waals surface area contributed by atoms with Crippen molar-refractivity contribution in [1.82, 2.24) is 0 Å². The lowest BCUT2D eigenvalue weighted by atomic mass is 10.1. The molecule has 0 unspecified atom stereocenters. The summed E-state index contributed by atoms with van der Waals surface area (Å²) in [5.41, 5.74) is 5.99. The summed E-state index contributed by atoms with van der Waals surface area (Å²) >= 11 is 0. The Hall–Kier alpha value is -2.50. The predicted octanol–water partition coefficient (Wildman–Crippen LogP) is 3.25. The molecule has 3 N–H and O–H groups in total. The van der Waals surface area contributed by atoms with E-state index in [1.807, 2.05) is 0 Å². The standard InChI is InChI=1S/C14H11F3N2O/c1-7-3-2-4-9(12(7)18)14(20)19-13-10(16)5-8(15)6-11(13)17/h2-6H,18H2,1H3,(H,19,20). The molecule has 2 aromatic carbocycles. The van der Waals surface area contributed by atoms with Gasteiger partial charge in [0.15, 0.2) is 11.6 Å². The second-order valence-electron chi connectivity index (χ2n) is 4.23. The number of nitrogens with one attached hydrogen (secondary N) is 1. The molecule has 0 aliphatic heterocycles. The number of nitrogen functional groups attached to an aromatic ring is 1. The van der Waals surface area contributed by atoms with Crippen molar-refractivity contribution < 1.29 is 18.0 Å². The number of rotatable bonds is 2. The molecule has 0 saturated heterocycles. The molecule has 2 aromatic rings. The molecule has 0 atom stereocenters. The number of amides is 1. The lowest BCUT2D eigenvalue weighted by molar-refractivity contribution is 0.102. The smallest absolute Gasteiger partial charge is 0.257 e. The van der Waals surface area contributed by atoms with Gasteiger partial charge >= 0.3 is 0 Å². The Kier molecular flexibility index (Phi) is 3.65. The van der Waals surface area contributed by atoms with Crippen LogP contribution in [0.3, 0.4) is 0 Å². The SMILES string of the molecule is Cc1cccc(C(=O)Nc2c(F)cc(F)cc2F)c1N. The quantitative estimate of drug-likeness (QED) is 0.830. The van der Waals surface area contributed by atoms with Crippen LogP contribution in [0, 0.1) is 24.4 Å². The number of benzene rings is 2. The average Bonchev–Trinajstić information content (AvgIpc) is 2.36. The van der Waals surface area contributed by atoms with Crippen molar-refractivity contribution in [2.45, 2.75) is 6.92 Å². The Morgan fingerprint density at radius 3 is 2.35 bits per heavy atom. The number of aryl methyl sites for hydroxylation is 1. The molecule has 0 saturated carbocycles. The van der Waals surface area contributed by atoms with E-state index in [2.05, 4.69) is 5.32 Å². The fraction of sp³-hybridized carbons (Fsp3) is 0.0714. The third kappa shape index (κ3) is 2.59. The zero-order chi connectivity index (χ0) is 14.9. The minimum absolute atomic E-state index is 0.0909. The van der Waals surface area contributed by atoms with Gasteiger partial charge in [-0.25, -0.2) is 13.2 Å². The molecule has 0 fully saturated rings. The van der Waals surface area contributed by atoms with Crippen LogP contribution in [0.4, 0.5) is 24.5 Å². The average molecular weight is 280 g/mol. The summed E-state index contributed by atoms with van der Waals surface area (Å²) in [7, 11) is 0. The maximum Gasteiger partial charge on any atom is 0.257 e. The Morgan fingerprint density at radius 2 is 1.75 bits per heavy atom. The van der Waals surface area contributed by atoms with Gasteiger partial charge in [-0.05, 0) is 18.6 Å². The monoisotopic (exact) mass is 280 g/mol. The number of hydrogen-bond acceptors (Lipinski definition) is 2. The molecule has 0 aliphatic rings. The summed E-state index contributed by atoms with van der Waals surface area (Å²) in [4.78, 5) is 12.0. The Balaban J connectivity index is 2.36. The second kappa shape index (κ2) is 5.24. The van der Waals surface area contributed by atoms with E-state index in [1.165, 1.54) is 6.07 Å². The molecule has 3 nitrogen and oxygen atoms in total. The van der Waals surface area contributed by atoms with Crippen molar-refractivity contribution in [2.75, 3.05) is 11.1 Å². The Labute approximate surface area is 113 Å². The number of hydrogen-bond donors (Lipinski definition) is 2. The summed E-state index contributed by atoms with van der Waals surface area (Å²) in [6, 6.07) is 5.69. The van der Waals surface area contributed by atoms with Gasteiger partial charge in [0.2, 0.25) is 0 Å². The minimum Gasteiger partial charge on any atom is -0.398 e. The first-order valence-electron chi connectivity index (χ1n) is 5.71. The van der Waals surface area contributed by atoms with Crippen molar-refractivity contribution in [3.8, 4) is 0 Å². The summed E-state index contributed by atoms with van der Waals surface area (Å²) in [6.07, 6.45) is 0. The van der Waals surface area contributed by atoms with Crippen LogP contribution in [0.15, 0.2) is 30.3 Å². The van der Waals surface area contributed by atoms with Crippen LogP contribution in [0.25, 0.3) is 0 Å². The van der Waals surface area contributed by atoms with Crippen molar-refractivity contribution >= 4 is 17.3 Å². The number of halogens is 3. The molecule has 0 aliphatic carbocycles. The predicted molar refractivity (Wildman–Crippen MR) is 69.9 cm³/mol. The Morgan fingerprint density at radius 1 is 1.15 bits per heavy atom. The first kappa shape index (κ1) is 13.9. The van der Waals surface area contributed by atoms with Crippen LogP contribution in [-0.4, -0.2) is 5.91 Å². The van der Waals surface area contributed by atoms with Gasteiger partial charge in [-0.2, -0.15) is 0 Å². The van der Waals surface area contributed by atoms with Crippen molar-refractivity contribution in [3.05, 3.63) is 58.9 Å². The van der Waals surface area contributed by atoms with Gasteiger partial charge in [0.05, 0.1) is 5.56 Å². The summed E-state index contributed by atoms with van der Waals surface area (Å²) in [6.45, 7) is 1.70. The highest BCUT2D eigenvalue weighted by atomic mass is 19.1. The topological polar surface area (TPSA) is 55.1 Å². The highest BCUT2D eigenvalue weighted by Crippen LogP contribution is 2.23. The molecule has 0 radical (unpaired) electrons. The number of para-hydroxylation sites is 1. The molecule has 20 heavy (non-hydrogen) atoms. The zero-order valence-corrected chi connectivity index (χ0v) is 10.5. The van der Waals surface area contributed by atoms with Crippen molar-refractivity contribution in [3.63, 3.8) is 0 Å². The van der Waals surface area contributed by atoms with E-state index >= 15 is 0 Å².